The molecule has 0 aliphatic carbocycles. The van der Waals surface area contributed by atoms with Crippen molar-refractivity contribution in [2.24, 2.45) is 0 Å². The zero-order valence-electron chi connectivity index (χ0n) is 15.1. The number of rotatable bonds is 7. The zero-order chi connectivity index (χ0) is 17.7. The van der Waals surface area contributed by atoms with E-state index in [9.17, 15) is 5.11 Å². The summed E-state index contributed by atoms with van der Waals surface area (Å²) < 4.78 is 10.6. The molecule has 1 heterocycles. The second-order valence-corrected chi connectivity index (χ2v) is 6.15. The normalized spacial score (nSPS) is 10.9. The fourth-order valence-corrected chi connectivity index (χ4v) is 2.74. The van der Waals surface area contributed by atoms with E-state index in [4.69, 9.17) is 9.47 Å². The second-order valence-electron chi connectivity index (χ2n) is 6.15. The van der Waals surface area contributed by atoms with Gasteiger partial charge in [0.15, 0.2) is 11.5 Å². The van der Waals surface area contributed by atoms with Gasteiger partial charge in [0.1, 0.15) is 5.75 Å². The van der Waals surface area contributed by atoms with Crippen molar-refractivity contribution >= 4 is 0 Å². The summed E-state index contributed by atoms with van der Waals surface area (Å²) in [5.74, 6) is 1.73. The third kappa shape index (κ3) is 4.38. The number of pyridine rings is 1. The molecule has 0 amide bonds. The lowest BCUT2D eigenvalue weighted by Crippen LogP contribution is -2.12. The second kappa shape index (κ2) is 8.02. The molecule has 5 heteroatoms. The van der Waals surface area contributed by atoms with Gasteiger partial charge in [-0.05, 0) is 57.6 Å². The highest BCUT2D eigenvalue weighted by Gasteiger charge is 2.12. The third-order valence-corrected chi connectivity index (χ3v) is 3.86. The Bertz CT molecular complexity index is 699. The Morgan fingerprint density at radius 3 is 2.38 bits per heavy atom. The van der Waals surface area contributed by atoms with Crippen molar-refractivity contribution in [3.63, 3.8) is 0 Å². The molecule has 0 bridgehead atoms. The standard InChI is InChI=1S/C19H26N2O3/c1-13-10-15(12-21(2)3)19(22)16(20-13)8-6-14-7-9-17(23-4)18(11-14)24-5/h7,9-11,22H,6,8,12H2,1-5H3. The first-order valence-electron chi connectivity index (χ1n) is 7.98. The molecule has 0 saturated carbocycles. The zero-order valence-corrected chi connectivity index (χ0v) is 15.1. The van der Waals surface area contributed by atoms with Crippen LogP contribution in [0.25, 0.3) is 0 Å². The number of aromatic hydroxyl groups is 1. The molecule has 5 nitrogen and oxygen atoms in total. The van der Waals surface area contributed by atoms with Crippen LogP contribution in [0.5, 0.6) is 17.2 Å². The molecule has 0 aliphatic rings. The topological polar surface area (TPSA) is 54.8 Å². The van der Waals surface area contributed by atoms with Crippen LogP contribution in [-0.2, 0) is 19.4 Å². The van der Waals surface area contributed by atoms with Crippen LogP contribution in [0.3, 0.4) is 0 Å². The van der Waals surface area contributed by atoms with Crippen molar-refractivity contribution in [2.45, 2.75) is 26.3 Å². The van der Waals surface area contributed by atoms with Crippen LogP contribution < -0.4 is 9.47 Å². The van der Waals surface area contributed by atoms with Crippen molar-refractivity contribution in [2.75, 3.05) is 28.3 Å². The first-order chi connectivity index (χ1) is 11.4. The molecule has 0 spiro atoms. The van der Waals surface area contributed by atoms with Gasteiger partial charge in [-0.15, -0.1) is 0 Å². The smallest absolute Gasteiger partial charge is 0.160 e. The summed E-state index contributed by atoms with van der Waals surface area (Å²) in [5, 5.41) is 10.5. The highest BCUT2D eigenvalue weighted by molar-refractivity contribution is 5.43. The van der Waals surface area contributed by atoms with E-state index in [1.54, 1.807) is 14.2 Å². The lowest BCUT2D eigenvalue weighted by Gasteiger charge is -2.15. The van der Waals surface area contributed by atoms with E-state index in [-0.39, 0.29) is 0 Å². The van der Waals surface area contributed by atoms with Gasteiger partial charge >= 0.3 is 0 Å². The van der Waals surface area contributed by atoms with E-state index >= 15 is 0 Å². The Labute approximate surface area is 143 Å². The molecule has 1 aromatic heterocycles. The average Bonchev–Trinajstić information content (AvgIpc) is 2.55. The molecule has 0 aliphatic heterocycles. The SMILES string of the molecule is COc1ccc(CCc2nc(C)cc(CN(C)C)c2O)cc1OC. The third-order valence-electron chi connectivity index (χ3n) is 3.86. The highest BCUT2D eigenvalue weighted by Crippen LogP contribution is 2.29. The number of benzene rings is 1. The quantitative estimate of drug-likeness (QED) is 0.846. The van der Waals surface area contributed by atoms with E-state index in [2.05, 4.69) is 4.98 Å². The van der Waals surface area contributed by atoms with Crippen molar-refractivity contribution in [1.29, 1.82) is 0 Å². The van der Waals surface area contributed by atoms with Crippen LogP contribution in [0.4, 0.5) is 0 Å². The average molecular weight is 330 g/mol. The summed E-state index contributed by atoms with van der Waals surface area (Å²) in [7, 11) is 7.22. The van der Waals surface area contributed by atoms with E-state index in [0.717, 1.165) is 28.9 Å². The van der Waals surface area contributed by atoms with Crippen LogP contribution >= 0.6 is 0 Å². The predicted molar refractivity (Wildman–Crippen MR) is 95.0 cm³/mol. The summed E-state index contributed by atoms with van der Waals surface area (Å²) in [4.78, 5) is 6.54. The Morgan fingerprint density at radius 2 is 1.75 bits per heavy atom. The van der Waals surface area contributed by atoms with Gasteiger partial charge in [0.25, 0.3) is 0 Å². The fourth-order valence-electron chi connectivity index (χ4n) is 2.74. The Morgan fingerprint density at radius 1 is 1.04 bits per heavy atom. The minimum atomic E-state index is 0.301. The van der Waals surface area contributed by atoms with E-state index in [1.165, 1.54) is 0 Å². The first kappa shape index (κ1) is 18.1. The molecule has 130 valence electrons. The van der Waals surface area contributed by atoms with E-state index < -0.39 is 0 Å². The molecule has 2 aromatic rings. The maximum absolute atomic E-state index is 10.5. The molecule has 0 saturated heterocycles. The Balaban J connectivity index is 2.18. The van der Waals surface area contributed by atoms with Gasteiger partial charge in [-0.3, -0.25) is 4.98 Å². The number of hydrogen-bond donors (Lipinski definition) is 1. The lowest BCUT2D eigenvalue weighted by molar-refractivity contribution is 0.354. The van der Waals surface area contributed by atoms with Gasteiger partial charge in [0.05, 0.1) is 19.9 Å². The predicted octanol–water partition coefficient (Wildman–Crippen LogP) is 2.96. The van der Waals surface area contributed by atoms with Crippen molar-refractivity contribution in [3.8, 4) is 17.2 Å². The number of ether oxygens (including phenoxy) is 2. The first-order valence-corrected chi connectivity index (χ1v) is 7.98. The summed E-state index contributed by atoms with van der Waals surface area (Å²) in [6.45, 7) is 2.65. The van der Waals surface area contributed by atoms with Crippen LogP contribution in [0.15, 0.2) is 24.3 Å². The minimum absolute atomic E-state index is 0.301. The summed E-state index contributed by atoms with van der Waals surface area (Å²) >= 11 is 0. The molecular formula is C19H26N2O3. The fraction of sp³-hybridized carbons (Fsp3) is 0.421. The minimum Gasteiger partial charge on any atom is -0.506 e. The van der Waals surface area contributed by atoms with Crippen molar-refractivity contribution in [3.05, 3.63) is 46.8 Å². The van der Waals surface area contributed by atoms with Gasteiger partial charge in [-0.25, -0.2) is 0 Å². The molecular weight excluding hydrogens is 304 g/mol. The lowest BCUT2D eigenvalue weighted by atomic mass is 10.0. The molecule has 1 N–H and O–H groups in total. The number of hydrogen-bond acceptors (Lipinski definition) is 5. The molecule has 2 rings (SSSR count). The van der Waals surface area contributed by atoms with Crippen LogP contribution in [0, 0.1) is 6.92 Å². The Kier molecular flexibility index (Phi) is 6.04. The maximum Gasteiger partial charge on any atom is 0.160 e. The van der Waals surface area contributed by atoms with Crippen LogP contribution in [-0.4, -0.2) is 43.3 Å². The maximum atomic E-state index is 10.5. The monoisotopic (exact) mass is 330 g/mol. The van der Waals surface area contributed by atoms with Gasteiger partial charge in [0, 0.05) is 17.8 Å². The number of aryl methyl sites for hydroxylation is 3. The number of nitrogens with zero attached hydrogens (tertiary/aromatic N) is 2. The van der Waals surface area contributed by atoms with Gasteiger partial charge in [-0.2, -0.15) is 0 Å². The summed E-state index contributed by atoms with van der Waals surface area (Å²) in [6, 6.07) is 7.81. The van der Waals surface area contributed by atoms with E-state index in [0.29, 0.717) is 30.2 Å². The summed E-state index contributed by atoms with van der Waals surface area (Å²) in [5.41, 5.74) is 3.69. The van der Waals surface area contributed by atoms with E-state index in [1.807, 2.05) is 50.2 Å². The highest BCUT2D eigenvalue weighted by atomic mass is 16.5. The molecule has 24 heavy (non-hydrogen) atoms. The van der Waals surface area contributed by atoms with Gasteiger partial charge in [-0.1, -0.05) is 6.07 Å². The molecule has 0 fully saturated rings. The van der Waals surface area contributed by atoms with Crippen molar-refractivity contribution in [1.82, 2.24) is 9.88 Å². The van der Waals surface area contributed by atoms with Crippen molar-refractivity contribution < 1.29 is 14.6 Å². The molecule has 0 atom stereocenters. The van der Waals surface area contributed by atoms with Gasteiger partial charge in [0.2, 0.25) is 0 Å². The van der Waals surface area contributed by atoms with Crippen LogP contribution in [0.1, 0.15) is 22.5 Å². The Hall–Kier alpha value is -2.27. The van der Waals surface area contributed by atoms with Crippen LogP contribution in [0.2, 0.25) is 0 Å². The number of aromatic nitrogens is 1. The molecule has 1 aromatic carbocycles. The number of methoxy groups -OCH3 is 2. The molecule has 0 radical (unpaired) electrons. The van der Waals surface area contributed by atoms with Gasteiger partial charge < -0.3 is 19.5 Å². The molecule has 0 unspecified atom stereocenters. The largest absolute Gasteiger partial charge is 0.506 e. The summed E-state index contributed by atoms with van der Waals surface area (Å²) in [6.07, 6.45) is 1.44.